The third-order valence-electron chi connectivity index (χ3n) is 2.78. The molecule has 128 valence electrons. The highest BCUT2D eigenvalue weighted by Crippen LogP contribution is 2.12. The third kappa shape index (κ3) is 8.67. The number of hydrogen-bond donors (Lipinski definition) is 2. The van der Waals surface area contributed by atoms with Gasteiger partial charge in [-0.2, -0.15) is 0 Å². The van der Waals surface area contributed by atoms with Gasteiger partial charge in [0.25, 0.3) is 0 Å². The van der Waals surface area contributed by atoms with Crippen molar-refractivity contribution in [1.82, 2.24) is 10.6 Å². The zero-order valence-corrected chi connectivity index (χ0v) is 15.0. The maximum Gasteiger partial charge on any atom is 0.407 e. The lowest BCUT2D eigenvalue weighted by molar-refractivity contribution is -0.118. The fraction of sp³-hybridized carbons (Fsp3) is 0.500. The number of hydrogen-bond acceptors (Lipinski definition) is 3. The number of nitrogens with one attached hydrogen (secondary N) is 2. The van der Waals surface area contributed by atoms with Gasteiger partial charge < -0.3 is 15.4 Å². The average Bonchev–Trinajstić information content (AvgIpc) is 2.44. The van der Waals surface area contributed by atoms with Crippen molar-refractivity contribution >= 4 is 35.2 Å². The van der Waals surface area contributed by atoms with Crippen molar-refractivity contribution < 1.29 is 14.3 Å². The smallest absolute Gasteiger partial charge is 0.407 e. The molecular formula is C16H22Cl2N2O3. The second kappa shape index (κ2) is 8.99. The molecule has 0 bridgehead atoms. The fourth-order valence-corrected chi connectivity index (χ4v) is 2.06. The molecule has 0 aliphatic rings. The van der Waals surface area contributed by atoms with Gasteiger partial charge in [0, 0.05) is 11.6 Å². The average molecular weight is 361 g/mol. The van der Waals surface area contributed by atoms with Crippen molar-refractivity contribution in [3.05, 3.63) is 34.9 Å². The molecule has 5 nitrogen and oxygen atoms in total. The fourth-order valence-electron chi connectivity index (χ4n) is 1.84. The van der Waals surface area contributed by atoms with Crippen LogP contribution in [0.4, 0.5) is 4.79 Å². The normalized spacial score (nSPS) is 12.4. The van der Waals surface area contributed by atoms with Gasteiger partial charge in [0.05, 0.1) is 6.04 Å². The van der Waals surface area contributed by atoms with Crippen molar-refractivity contribution in [2.24, 2.45) is 0 Å². The molecule has 7 heteroatoms. The van der Waals surface area contributed by atoms with Crippen LogP contribution >= 0.6 is 23.2 Å². The number of alkyl halides is 1. The second-order valence-corrected chi connectivity index (χ2v) is 6.82. The van der Waals surface area contributed by atoms with Crippen molar-refractivity contribution in [3.63, 3.8) is 0 Å². The van der Waals surface area contributed by atoms with Crippen molar-refractivity contribution in [2.75, 3.05) is 12.4 Å². The Hall–Kier alpha value is -1.46. The summed E-state index contributed by atoms with van der Waals surface area (Å²) in [5.74, 6) is -0.418. The van der Waals surface area contributed by atoms with E-state index in [9.17, 15) is 9.59 Å². The highest BCUT2D eigenvalue weighted by Gasteiger charge is 2.20. The largest absolute Gasteiger partial charge is 0.444 e. The van der Waals surface area contributed by atoms with E-state index in [1.165, 1.54) is 0 Å². The van der Waals surface area contributed by atoms with E-state index in [-0.39, 0.29) is 24.4 Å². The van der Waals surface area contributed by atoms with Crippen molar-refractivity contribution in [3.8, 4) is 0 Å². The van der Waals surface area contributed by atoms with Crippen LogP contribution in [0.1, 0.15) is 26.3 Å². The number of rotatable bonds is 6. The predicted octanol–water partition coefficient (Wildman–Crippen LogP) is 3.13. The summed E-state index contributed by atoms with van der Waals surface area (Å²) in [4.78, 5) is 23.3. The summed E-state index contributed by atoms with van der Waals surface area (Å²) in [7, 11) is 0. The lowest BCUT2D eigenvalue weighted by atomic mass is 10.1. The van der Waals surface area contributed by atoms with Crippen LogP contribution < -0.4 is 10.6 Å². The van der Waals surface area contributed by atoms with Gasteiger partial charge in [0.2, 0.25) is 5.91 Å². The molecule has 0 saturated heterocycles. The molecule has 1 rings (SSSR count). The van der Waals surface area contributed by atoms with Gasteiger partial charge in [-0.15, -0.1) is 11.6 Å². The number of alkyl carbamates (subject to hydrolysis) is 1. The molecule has 0 aromatic heterocycles. The van der Waals surface area contributed by atoms with Gasteiger partial charge in [0.15, 0.2) is 0 Å². The maximum absolute atomic E-state index is 11.9. The minimum atomic E-state index is -0.589. The van der Waals surface area contributed by atoms with Crippen molar-refractivity contribution in [1.29, 1.82) is 0 Å². The van der Waals surface area contributed by atoms with Crippen LogP contribution in [0.15, 0.2) is 24.3 Å². The van der Waals surface area contributed by atoms with Gasteiger partial charge in [-0.1, -0.05) is 23.7 Å². The maximum atomic E-state index is 11.9. The monoisotopic (exact) mass is 360 g/mol. The lowest BCUT2D eigenvalue weighted by Gasteiger charge is -2.24. The molecule has 1 aromatic carbocycles. The molecule has 0 unspecified atom stereocenters. The van der Waals surface area contributed by atoms with Crippen LogP contribution in [0.25, 0.3) is 0 Å². The van der Waals surface area contributed by atoms with Gasteiger partial charge in [-0.05, 0) is 44.9 Å². The van der Waals surface area contributed by atoms with Crippen LogP contribution in [0.2, 0.25) is 5.02 Å². The minimum Gasteiger partial charge on any atom is -0.444 e. The van der Waals surface area contributed by atoms with E-state index in [1.54, 1.807) is 32.9 Å². The molecule has 1 atom stereocenters. The Morgan fingerprint density at radius 3 is 2.35 bits per heavy atom. The Balaban J connectivity index is 2.69. The molecule has 0 heterocycles. The van der Waals surface area contributed by atoms with E-state index in [1.807, 2.05) is 12.1 Å². The minimum absolute atomic E-state index is 0.125. The molecule has 0 fully saturated rings. The molecule has 0 spiro atoms. The summed E-state index contributed by atoms with van der Waals surface area (Å²) in [5, 5.41) is 6.07. The van der Waals surface area contributed by atoms with Crippen molar-refractivity contribution in [2.45, 2.75) is 38.8 Å². The Morgan fingerprint density at radius 1 is 1.22 bits per heavy atom. The summed E-state index contributed by atoms with van der Waals surface area (Å²) in [6, 6.07) is 6.97. The molecule has 0 saturated carbocycles. The summed E-state index contributed by atoms with van der Waals surface area (Å²) in [6.07, 6.45) is -0.00418. The van der Waals surface area contributed by atoms with Gasteiger partial charge in [-0.3, -0.25) is 4.79 Å². The molecular weight excluding hydrogens is 339 g/mol. The Morgan fingerprint density at radius 2 is 1.83 bits per heavy atom. The number of carbonyl (C=O) groups is 2. The van der Waals surface area contributed by atoms with E-state index in [2.05, 4.69) is 10.6 Å². The van der Waals surface area contributed by atoms with Gasteiger partial charge >= 0.3 is 6.09 Å². The van der Waals surface area contributed by atoms with Crippen LogP contribution in [0, 0.1) is 0 Å². The van der Waals surface area contributed by atoms with E-state index in [0.717, 1.165) is 5.56 Å². The molecule has 2 amide bonds. The number of amides is 2. The molecule has 0 aliphatic heterocycles. The molecule has 2 N–H and O–H groups in total. The van der Waals surface area contributed by atoms with Crippen LogP contribution in [-0.4, -0.2) is 36.1 Å². The summed E-state index contributed by atoms with van der Waals surface area (Å²) in [5.41, 5.74) is 0.393. The summed E-state index contributed by atoms with van der Waals surface area (Å²) >= 11 is 11.3. The Labute approximate surface area is 146 Å². The number of carbonyl (C=O) groups excluding carboxylic acids is 2. The Kier molecular flexibility index (Phi) is 7.65. The van der Waals surface area contributed by atoms with Crippen LogP contribution in [0.5, 0.6) is 0 Å². The number of ether oxygens (including phenoxy) is 1. The zero-order valence-electron chi connectivity index (χ0n) is 13.5. The number of halogens is 2. The first-order valence-corrected chi connectivity index (χ1v) is 8.17. The third-order valence-corrected chi connectivity index (χ3v) is 3.28. The lowest BCUT2D eigenvalue weighted by Crippen LogP contribution is -2.46. The van der Waals surface area contributed by atoms with E-state index >= 15 is 0 Å². The highest BCUT2D eigenvalue weighted by molar-refractivity contribution is 6.30. The summed E-state index contributed by atoms with van der Waals surface area (Å²) in [6.45, 7) is 5.62. The van der Waals surface area contributed by atoms with Gasteiger partial charge in [-0.25, -0.2) is 4.79 Å². The first-order chi connectivity index (χ1) is 10.7. The number of benzene rings is 1. The Bertz CT molecular complexity index is 527. The molecule has 1 aromatic rings. The quantitative estimate of drug-likeness (QED) is 0.765. The second-order valence-electron chi connectivity index (χ2n) is 6.11. The van der Waals surface area contributed by atoms with E-state index < -0.39 is 11.7 Å². The first-order valence-electron chi connectivity index (χ1n) is 7.26. The first kappa shape index (κ1) is 19.6. The topological polar surface area (TPSA) is 67.4 Å². The molecule has 23 heavy (non-hydrogen) atoms. The highest BCUT2D eigenvalue weighted by atomic mass is 35.5. The van der Waals surface area contributed by atoms with Crippen LogP contribution in [-0.2, 0) is 16.0 Å². The predicted molar refractivity (Wildman–Crippen MR) is 92.0 cm³/mol. The van der Waals surface area contributed by atoms with Crippen LogP contribution in [0.3, 0.4) is 0 Å². The van der Waals surface area contributed by atoms with Gasteiger partial charge in [0.1, 0.15) is 11.5 Å². The van der Waals surface area contributed by atoms with E-state index in [0.29, 0.717) is 11.4 Å². The summed E-state index contributed by atoms with van der Waals surface area (Å²) < 4.78 is 5.25. The standard InChI is InChI=1S/C16H22Cl2N2O3/c1-16(2,3)23-15(22)20-13(10-19-14(21)9-17)8-11-4-6-12(18)7-5-11/h4-7,13H,8-10H2,1-3H3,(H,19,21)(H,20,22)/t13-/m0/s1. The SMILES string of the molecule is CC(C)(C)OC(=O)N[C@H](CNC(=O)CCl)Cc1ccc(Cl)cc1. The molecule has 0 aliphatic carbocycles. The molecule has 0 radical (unpaired) electrons. The zero-order chi connectivity index (χ0) is 17.5. The van der Waals surface area contributed by atoms with E-state index in [4.69, 9.17) is 27.9 Å².